The van der Waals surface area contributed by atoms with Crippen molar-refractivity contribution in [1.29, 1.82) is 0 Å². The Morgan fingerprint density at radius 2 is 1.74 bits per heavy atom. The Morgan fingerprint density at radius 1 is 1.00 bits per heavy atom. The average Bonchev–Trinajstić information content (AvgIpc) is 2.78. The highest BCUT2D eigenvalue weighted by Crippen LogP contribution is 2.14. The summed E-state index contributed by atoms with van der Waals surface area (Å²) in [6, 6.07) is 10.5. The van der Waals surface area contributed by atoms with Crippen LogP contribution in [-0.2, 0) is 19.6 Å². The van der Waals surface area contributed by atoms with Gasteiger partial charge in [0.15, 0.2) is 0 Å². The second-order valence-electron chi connectivity index (χ2n) is 7.40. The summed E-state index contributed by atoms with van der Waals surface area (Å²) in [5.41, 5.74) is 1.83. The summed E-state index contributed by atoms with van der Waals surface area (Å²) >= 11 is 0. The lowest BCUT2D eigenvalue weighted by atomic mass is 10.1. The summed E-state index contributed by atoms with van der Waals surface area (Å²) in [7, 11) is -3.80. The van der Waals surface area contributed by atoms with Gasteiger partial charge < -0.3 is 15.1 Å². The molecule has 0 radical (unpaired) electrons. The zero-order chi connectivity index (χ0) is 22.4. The van der Waals surface area contributed by atoms with Crippen molar-refractivity contribution < 1.29 is 18.0 Å². The van der Waals surface area contributed by atoms with E-state index in [1.807, 2.05) is 32.0 Å². The third-order valence-electron chi connectivity index (χ3n) is 5.25. The molecule has 1 aliphatic rings. The molecule has 2 heterocycles. The number of nitrogens with zero attached hydrogens (tertiary/aromatic N) is 3. The van der Waals surface area contributed by atoms with Crippen LogP contribution in [0.5, 0.6) is 0 Å². The Morgan fingerprint density at radius 3 is 2.39 bits per heavy atom. The molecule has 0 unspecified atom stereocenters. The van der Waals surface area contributed by atoms with E-state index in [1.54, 1.807) is 23.2 Å². The van der Waals surface area contributed by atoms with E-state index in [2.05, 4.69) is 19.9 Å². The molecule has 0 spiro atoms. The molecule has 1 aliphatic heterocycles. The van der Waals surface area contributed by atoms with Gasteiger partial charge in [0.25, 0.3) is 0 Å². The van der Waals surface area contributed by atoms with E-state index in [1.165, 1.54) is 6.07 Å². The molecule has 0 aliphatic carbocycles. The number of benzene rings is 1. The minimum atomic E-state index is -3.80. The predicted octanol–water partition coefficient (Wildman–Crippen LogP) is 0.442. The maximum Gasteiger partial charge on any atom is 0.242 e. The van der Waals surface area contributed by atoms with Crippen molar-refractivity contribution >= 4 is 27.7 Å². The molecule has 10 heteroatoms. The standard InChI is InChI=1S/C21H27N5O4S/c1-16-6-7-18(13-17(16)2)31(29,30)24-14-20(27)23-15-21(28)26-11-9-25(10-12-26)19-5-3-4-8-22-19/h3-8,13,24H,9-12,14-15H2,1-2H3,(H,23,27). The Bertz CT molecular complexity index is 1030. The average molecular weight is 446 g/mol. The third kappa shape index (κ3) is 6.02. The largest absolute Gasteiger partial charge is 0.353 e. The summed E-state index contributed by atoms with van der Waals surface area (Å²) in [5, 5.41) is 2.48. The smallest absolute Gasteiger partial charge is 0.242 e. The fourth-order valence-electron chi connectivity index (χ4n) is 3.20. The molecule has 0 atom stereocenters. The van der Waals surface area contributed by atoms with Crippen molar-refractivity contribution in [2.75, 3.05) is 44.2 Å². The van der Waals surface area contributed by atoms with Crippen LogP contribution in [0.15, 0.2) is 47.5 Å². The molecule has 2 amide bonds. The highest BCUT2D eigenvalue weighted by Gasteiger charge is 2.22. The van der Waals surface area contributed by atoms with Gasteiger partial charge in [-0.25, -0.2) is 18.1 Å². The number of rotatable bonds is 7. The lowest BCUT2D eigenvalue weighted by Crippen LogP contribution is -2.52. The van der Waals surface area contributed by atoms with Crippen molar-refractivity contribution in [2.24, 2.45) is 0 Å². The van der Waals surface area contributed by atoms with Crippen molar-refractivity contribution in [3.63, 3.8) is 0 Å². The zero-order valence-corrected chi connectivity index (χ0v) is 18.5. The first-order chi connectivity index (χ1) is 14.8. The molecule has 1 fully saturated rings. The highest BCUT2D eigenvalue weighted by molar-refractivity contribution is 7.89. The van der Waals surface area contributed by atoms with Crippen LogP contribution in [0.2, 0.25) is 0 Å². The van der Waals surface area contributed by atoms with E-state index in [9.17, 15) is 18.0 Å². The third-order valence-corrected chi connectivity index (χ3v) is 6.65. The Kier molecular flexibility index (Phi) is 7.24. The quantitative estimate of drug-likeness (QED) is 0.640. The van der Waals surface area contributed by atoms with E-state index in [4.69, 9.17) is 0 Å². The predicted molar refractivity (Wildman–Crippen MR) is 117 cm³/mol. The monoisotopic (exact) mass is 445 g/mol. The van der Waals surface area contributed by atoms with Crippen LogP contribution >= 0.6 is 0 Å². The molecule has 9 nitrogen and oxygen atoms in total. The number of aromatic nitrogens is 1. The van der Waals surface area contributed by atoms with Gasteiger partial charge in [-0.1, -0.05) is 12.1 Å². The molecule has 3 rings (SSSR count). The number of aryl methyl sites for hydroxylation is 2. The van der Waals surface area contributed by atoms with Gasteiger partial charge in [0.05, 0.1) is 18.0 Å². The van der Waals surface area contributed by atoms with E-state index in [0.717, 1.165) is 16.9 Å². The van der Waals surface area contributed by atoms with E-state index >= 15 is 0 Å². The van der Waals surface area contributed by atoms with Gasteiger partial charge in [0.1, 0.15) is 5.82 Å². The summed E-state index contributed by atoms with van der Waals surface area (Å²) in [6.07, 6.45) is 1.73. The van der Waals surface area contributed by atoms with Crippen LogP contribution < -0.4 is 14.9 Å². The normalized spacial score (nSPS) is 14.4. The Balaban J connectivity index is 1.42. The number of anilines is 1. The van der Waals surface area contributed by atoms with Crippen molar-refractivity contribution in [3.05, 3.63) is 53.7 Å². The number of carbonyl (C=O) groups excluding carboxylic acids is 2. The highest BCUT2D eigenvalue weighted by atomic mass is 32.2. The first-order valence-corrected chi connectivity index (χ1v) is 11.5. The second-order valence-corrected chi connectivity index (χ2v) is 9.17. The Hall–Kier alpha value is -2.98. The van der Waals surface area contributed by atoms with Crippen molar-refractivity contribution in [1.82, 2.24) is 19.9 Å². The van der Waals surface area contributed by atoms with Crippen LogP contribution in [0.25, 0.3) is 0 Å². The number of hydrogen-bond donors (Lipinski definition) is 2. The molecular formula is C21H27N5O4S. The van der Waals surface area contributed by atoms with Gasteiger partial charge in [0.2, 0.25) is 21.8 Å². The molecule has 1 saturated heterocycles. The lowest BCUT2D eigenvalue weighted by Gasteiger charge is -2.35. The molecule has 1 aromatic carbocycles. The van der Waals surface area contributed by atoms with Gasteiger partial charge in [-0.15, -0.1) is 0 Å². The second kappa shape index (κ2) is 9.88. The van der Waals surface area contributed by atoms with Crippen LogP contribution in [0.4, 0.5) is 5.82 Å². The van der Waals surface area contributed by atoms with E-state index < -0.39 is 22.5 Å². The number of nitrogens with one attached hydrogen (secondary N) is 2. The molecule has 166 valence electrons. The van der Waals surface area contributed by atoms with Crippen LogP contribution in [0.3, 0.4) is 0 Å². The number of amides is 2. The topological polar surface area (TPSA) is 112 Å². The fraction of sp³-hybridized carbons (Fsp3) is 0.381. The van der Waals surface area contributed by atoms with Gasteiger partial charge in [0, 0.05) is 32.4 Å². The number of piperazine rings is 1. The van der Waals surface area contributed by atoms with E-state index in [0.29, 0.717) is 26.2 Å². The Labute approximate surface area is 182 Å². The summed E-state index contributed by atoms with van der Waals surface area (Å²) in [5.74, 6) is 0.109. The maximum atomic E-state index is 12.4. The van der Waals surface area contributed by atoms with Crippen LogP contribution in [0, 0.1) is 13.8 Å². The molecule has 31 heavy (non-hydrogen) atoms. The summed E-state index contributed by atoms with van der Waals surface area (Å²) in [4.78, 5) is 32.6. The number of pyridine rings is 1. The van der Waals surface area contributed by atoms with Gasteiger partial charge in [-0.3, -0.25) is 9.59 Å². The van der Waals surface area contributed by atoms with Gasteiger partial charge >= 0.3 is 0 Å². The van der Waals surface area contributed by atoms with Crippen LogP contribution in [0.1, 0.15) is 11.1 Å². The van der Waals surface area contributed by atoms with Crippen molar-refractivity contribution in [3.8, 4) is 0 Å². The van der Waals surface area contributed by atoms with Crippen LogP contribution in [-0.4, -0.2) is 69.4 Å². The molecule has 2 aromatic rings. The SMILES string of the molecule is Cc1ccc(S(=O)(=O)NCC(=O)NCC(=O)N2CCN(c3ccccn3)CC2)cc1C. The number of sulfonamides is 1. The van der Waals surface area contributed by atoms with Gasteiger partial charge in [-0.05, 0) is 49.2 Å². The maximum absolute atomic E-state index is 12.4. The lowest BCUT2D eigenvalue weighted by molar-refractivity contribution is -0.132. The van der Waals surface area contributed by atoms with E-state index in [-0.39, 0.29) is 17.3 Å². The fourth-order valence-corrected chi connectivity index (χ4v) is 4.27. The minimum absolute atomic E-state index is 0.102. The summed E-state index contributed by atoms with van der Waals surface area (Å²) < 4.78 is 27.0. The first kappa shape index (κ1) is 22.7. The van der Waals surface area contributed by atoms with Gasteiger partial charge in [-0.2, -0.15) is 0 Å². The molecule has 0 bridgehead atoms. The molecule has 1 aromatic heterocycles. The number of hydrogen-bond acceptors (Lipinski definition) is 6. The number of carbonyl (C=O) groups is 2. The first-order valence-electron chi connectivity index (χ1n) is 10.0. The minimum Gasteiger partial charge on any atom is -0.353 e. The summed E-state index contributed by atoms with van der Waals surface area (Å²) in [6.45, 7) is 5.49. The molecule has 2 N–H and O–H groups in total. The molecular weight excluding hydrogens is 418 g/mol. The van der Waals surface area contributed by atoms with Crippen molar-refractivity contribution in [2.45, 2.75) is 18.7 Å². The zero-order valence-electron chi connectivity index (χ0n) is 17.7. The molecule has 0 saturated carbocycles.